The summed E-state index contributed by atoms with van der Waals surface area (Å²) in [4.78, 5) is 0. The molecule has 0 N–H and O–H groups in total. The minimum Gasteiger partial charge on any atom is -0.185 e. The highest BCUT2D eigenvalue weighted by Gasteiger charge is 2.20. The summed E-state index contributed by atoms with van der Waals surface area (Å²) >= 11 is 1.38. The summed E-state index contributed by atoms with van der Waals surface area (Å²) in [6, 6.07) is 0. The van der Waals surface area contributed by atoms with E-state index in [4.69, 9.17) is 5.26 Å². The summed E-state index contributed by atoms with van der Waals surface area (Å²) in [6.45, 7) is 6.72. The zero-order valence-corrected chi connectivity index (χ0v) is 17.7. The van der Waals surface area contributed by atoms with Crippen LogP contribution in [0.1, 0.15) is 85.0 Å². The van der Waals surface area contributed by atoms with Gasteiger partial charge in [0.05, 0.1) is 0 Å². The van der Waals surface area contributed by atoms with Gasteiger partial charge in [0.15, 0.2) is 0 Å². The van der Waals surface area contributed by atoms with Gasteiger partial charge in [0.2, 0.25) is 0 Å². The third-order valence-corrected chi connectivity index (χ3v) is 6.77. The summed E-state index contributed by atoms with van der Waals surface area (Å²) in [5, 5.41) is 11.3. The second-order valence-corrected chi connectivity index (χ2v) is 9.80. The van der Waals surface area contributed by atoms with Crippen LogP contribution in [0, 0.1) is 63.9 Å². The molecule has 0 amide bonds. The average Bonchev–Trinajstić information content (AvgIpc) is 2.65. The molecule has 2 atom stereocenters. The van der Waals surface area contributed by atoms with Gasteiger partial charge in [-0.3, -0.25) is 0 Å². The Balaban J connectivity index is 1.66. The monoisotopic (exact) mass is 369 g/mol. The molecule has 0 aromatic heterocycles. The van der Waals surface area contributed by atoms with E-state index in [-0.39, 0.29) is 0 Å². The van der Waals surface area contributed by atoms with Gasteiger partial charge >= 0.3 is 0 Å². The van der Waals surface area contributed by atoms with E-state index in [9.17, 15) is 0 Å². The van der Waals surface area contributed by atoms with Crippen molar-refractivity contribution in [3.8, 4) is 29.1 Å². The van der Waals surface area contributed by atoms with Gasteiger partial charge in [-0.1, -0.05) is 44.5 Å². The van der Waals surface area contributed by atoms with Crippen molar-refractivity contribution in [1.29, 1.82) is 5.26 Å². The number of hydrogen-bond acceptors (Lipinski definition) is 2. The van der Waals surface area contributed by atoms with E-state index in [2.05, 4.69) is 49.9 Å². The van der Waals surface area contributed by atoms with Crippen LogP contribution in [0.3, 0.4) is 0 Å². The summed E-state index contributed by atoms with van der Waals surface area (Å²) in [5.41, 5.74) is 0. The molecule has 2 unspecified atom stereocenters. The maximum atomic E-state index is 8.69. The van der Waals surface area contributed by atoms with E-state index < -0.39 is 0 Å². The van der Waals surface area contributed by atoms with Gasteiger partial charge in [0, 0.05) is 28.9 Å². The van der Waals surface area contributed by atoms with Crippen molar-refractivity contribution in [2.24, 2.45) is 29.6 Å². The Bertz CT molecular complexity index is 565. The molecule has 2 aliphatic rings. The molecule has 0 bridgehead atoms. The van der Waals surface area contributed by atoms with E-state index in [0.29, 0.717) is 28.9 Å². The molecule has 2 fully saturated rings. The average molecular weight is 370 g/mol. The third kappa shape index (κ3) is 8.11. The van der Waals surface area contributed by atoms with Crippen LogP contribution in [0.4, 0.5) is 0 Å². The Morgan fingerprint density at radius 3 is 1.85 bits per heavy atom. The lowest BCUT2D eigenvalue weighted by Crippen LogP contribution is -2.14. The van der Waals surface area contributed by atoms with Crippen LogP contribution >= 0.6 is 11.8 Å². The first-order valence-electron chi connectivity index (χ1n) is 10.6. The first-order valence-corrected chi connectivity index (χ1v) is 11.5. The Kier molecular flexibility index (Phi) is 9.51. The van der Waals surface area contributed by atoms with Gasteiger partial charge in [0.25, 0.3) is 0 Å². The molecule has 2 aliphatic carbocycles. The number of rotatable bonds is 4. The van der Waals surface area contributed by atoms with E-state index >= 15 is 0 Å². The Hall–Kier alpha value is -1.04. The quantitative estimate of drug-likeness (QED) is 0.409. The zero-order chi connectivity index (χ0) is 18.8. The SMILES string of the molecule is CC(C#CC1CCC(C#CC2CCC(C)CC2)CC1)CCC(C)SC#N. The lowest BCUT2D eigenvalue weighted by molar-refractivity contribution is 0.336. The van der Waals surface area contributed by atoms with E-state index in [0.717, 1.165) is 18.8 Å². The molecule has 2 saturated carbocycles. The summed E-state index contributed by atoms with van der Waals surface area (Å²) in [7, 11) is 0. The molecule has 2 rings (SSSR count). The lowest BCUT2D eigenvalue weighted by Gasteiger charge is -2.24. The maximum Gasteiger partial charge on any atom is 0.133 e. The van der Waals surface area contributed by atoms with Crippen LogP contribution in [-0.4, -0.2) is 5.25 Å². The number of nitrogens with zero attached hydrogens (tertiary/aromatic N) is 1. The molecule has 0 saturated heterocycles. The van der Waals surface area contributed by atoms with Gasteiger partial charge in [-0.2, -0.15) is 5.26 Å². The van der Waals surface area contributed by atoms with Crippen molar-refractivity contribution in [2.45, 2.75) is 90.2 Å². The van der Waals surface area contributed by atoms with Crippen molar-refractivity contribution in [3.05, 3.63) is 0 Å². The summed E-state index contributed by atoms with van der Waals surface area (Å²) in [5.74, 6) is 17.5. The molecule has 0 aromatic rings. The second-order valence-electron chi connectivity index (χ2n) is 8.58. The molecule has 1 nitrogen and oxygen atoms in total. The second kappa shape index (κ2) is 11.6. The standard InChI is InChI=1S/C24H35NS/c1-19(4-8-21(3)26-18-25)5-11-23-13-16-24(17-14-23)15-12-22-9-6-20(2)7-10-22/h19-24H,4,6-10,13-14,16-17H2,1-3H3. The van der Waals surface area contributed by atoms with E-state index in [1.54, 1.807) is 0 Å². The topological polar surface area (TPSA) is 23.8 Å². The molecule has 26 heavy (non-hydrogen) atoms. The Labute approximate surface area is 166 Å². The van der Waals surface area contributed by atoms with Crippen molar-refractivity contribution in [3.63, 3.8) is 0 Å². The number of nitriles is 1. The molecule has 0 radical (unpaired) electrons. The Morgan fingerprint density at radius 2 is 1.31 bits per heavy atom. The zero-order valence-electron chi connectivity index (χ0n) is 16.9. The Morgan fingerprint density at radius 1 is 0.808 bits per heavy atom. The predicted octanol–water partition coefficient (Wildman–Crippen LogP) is 6.64. The highest BCUT2D eigenvalue weighted by Crippen LogP contribution is 2.30. The third-order valence-electron chi connectivity index (χ3n) is 6.03. The fourth-order valence-corrected chi connectivity index (χ4v) is 4.42. The maximum absolute atomic E-state index is 8.69. The molecule has 0 aromatic carbocycles. The van der Waals surface area contributed by atoms with Gasteiger partial charge in [0.1, 0.15) is 5.40 Å². The largest absolute Gasteiger partial charge is 0.185 e. The first kappa shape index (κ1) is 21.3. The summed E-state index contributed by atoms with van der Waals surface area (Å²) in [6.07, 6.45) is 12.5. The highest BCUT2D eigenvalue weighted by atomic mass is 32.2. The van der Waals surface area contributed by atoms with Crippen molar-refractivity contribution in [2.75, 3.05) is 0 Å². The summed E-state index contributed by atoms with van der Waals surface area (Å²) < 4.78 is 0. The van der Waals surface area contributed by atoms with Crippen LogP contribution in [0.5, 0.6) is 0 Å². The molecule has 2 heteroatoms. The normalized spacial score (nSPS) is 30.7. The highest BCUT2D eigenvalue weighted by molar-refractivity contribution is 8.04. The van der Waals surface area contributed by atoms with Gasteiger partial charge in [-0.15, -0.1) is 0 Å². The van der Waals surface area contributed by atoms with Gasteiger partial charge < -0.3 is 0 Å². The fourth-order valence-electron chi connectivity index (χ4n) is 3.99. The molecule has 0 spiro atoms. The van der Waals surface area contributed by atoms with Crippen LogP contribution in [-0.2, 0) is 0 Å². The smallest absolute Gasteiger partial charge is 0.133 e. The molecule has 0 heterocycles. The lowest BCUT2D eigenvalue weighted by atomic mass is 9.80. The van der Waals surface area contributed by atoms with Gasteiger partial charge in [-0.25, -0.2) is 0 Å². The van der Waals surface area contributed by atoms with Crippen LogP contribution in [0.25, 0.3) is 0 Å². The molecular weight excluding hydrogens is 334 g/mol. The van der Waals surface area contributed by atoms with Crippen molar-refractivity contribution in [1.82, 2.24) is 0 Å². The number of hydrogen-bond donors (Lipinski definition) is 0. The van der Waals surface area contributed by atoms with E-state index in [1.807, 2.05) is 0 Å². The van der Waals surface area contributed by atoms with Crippen LogP contribution in [0.2, 0.25) is 0 Å². The molecule has 142 valence electrons. The molecular formula is C24H35NS. The minimum absolute atomic E-state index is 0.422. The molecule has 0 aliphatic heterocycles. The van der Waals surface area contributed by atoms with Crippen molar-refractivity contribution >= 4 is 11.8 Å². The predicted molar refractivity (Wildman–Crippen MR) is 113 cm³/mol. The van der Waals surface area contributed by atoms with Crippen LogP contribution < -0.4 is 0 Å². The van der Waals surface area contributed by atoms with E-state index in [1.165, 1.54) is 63.1 Å². The van der Waals surface area contributed by atoms with Gasteiger partial charge in [-0.05, 0) is 81.9 Å². The first-order chi connectivity index (χ1) is 12.6. The van der Waals surface area contributed by atoms with Crippen molar-refractivity contribution < 1.29 is 0 Å². The minimum atomic E-state index is 0.422. The fraction of sp³-hybridized carbons (Fsp3) is 0.792. The number of thiocyanates is 1. The number of thioether (sulfide) groups is 1. The van der Waals surface area contributed by atoms with Crippen LogP contribution in [0.15, 0.2) is 0 Å².